The molecule has 1 N–H and O–H groups in total. The summed E-state index contributed by atoms with van der Waals surface area (Å²) in [6.07, 6.45) is 2.18. The molecule has 3 rings (SSSR count). The van der Waals surface area contributed by atoms with E-state index in [1.807, 2.05) is 0 Å². The minimum absolute atomic E-state index is 0.143. The molecule has 1 aromatic carbocycles. The molecule has 104 valence electrons. The van der Waals surface area contributed by atoms with Gasteiger partial charge in [0, 0.05) is 22.5 Å². The van der Waals surface area contributed by atoms with Crippen molar-refractivity contribution in [2.75, 3.05) is 5.32 Å². The molecule has 0 aliphatic heterocycles. The van der Waals surface area contributed by atoms with E-state index in [0.717, 1.165) is 35.5 Å². The quantitative estimate of drug-likeness (QED) is 0.924. The molecule has 0 spiro atoms. The fraction of sp³-hybridized carbons (Fsp3) is 0.286. The molecule has 1 aromatic heterocycles. The molecule has 20 heavy (non-hydrogen) atoms. The van der Waals surface area contributed by atoms with Crippen LogP contribution in [0.1, 0.15) is 17.0 Å². The van der Waals surface area contributed by atoms with Gasteiger partial charge < -0.3 is 5.32 Å². The van der Waals surface area contributed by atoms with Crippen molar-refractivity contribution in [3.63, 3.8) is 0 Å². The third kappa shape index (κ3) is 2.56. The van der Waals surface area contributed by atoms with Gasteiger partial charge in [0.25, 0.3) is 0 Å². The molecule has 0 saturated carbocycles. The average molecular weight is 294 g/mol. The number of aryl methyl sites for hydroxylation is 1. The summed E-state index contributed by atoms with van der Waals surface area (Å²) in [6.45, 7) is 0. The number of anilines is 1. The fourth-order valence-corrected chi connectivity index (χ4v) is 3.24. The Morgan fingerprint density at radius 2 is 2.20 bits per heavy atom. The average Bonchev–Trinajstić information content (AvgIpc) is 2.90. The summed E-state index contributed by atoms with van der Waals surface area (Å²) in [7, 11) is 0. The van der Waals surface area contributed by atoms with Crippen molar-refractivity contribution >= 4 is 22.9 Å². The highest BCUT2D eigenvalue weighted by molar-refractivity contribution is 7.09. The topological polar surface area (TPSA) is 42.0 Å². The van der Waals surface area contributed by atoms with Crippen LogP contribution in [0, 0.1) is 17.6 Å². The molecule has 0 fully saturated rings. The number of nitrogens with zero attached hydrogens (tertiary/aromatic N) is 1. The van der Waals surface area contributed by atoms with Crippen molar-refractivity contribution < 1.29 is 13.6 Å². The smallest absolute Gasteiger partial charge is 0.227 e. The van der Waals surface area contributed by atoms with Gasteiger partial charge in [0.05, 0.1) is 11.2 Å². The first kappa shape index (κ1) is 13.2. The van der Waals surface area contributed by atoms with E-state index in [-0.39, 0.29) is 17.5 Å². The second kappa shape index (κ2) is 5.28. The first-order valence-corrected chi connectivity index (χ1v) is 7.18. The highest BCUT2D eigenvalue weighted by Gasteiger charge is 2.26. The van der Waals surface area contributed by atoms with Gasteiger partial charge in [0.1, 0.15) is 0 Å². The fourth-order valence-electron chi connectivity index (χ4n) is 2.34. The largest absolute Gasteiger partial charge is 0.326 e. The van der Waals surface area contributed by atoms with E-state index in [1.165, 1.54) is 6.07 Å². The van der Waals surface area contributed by atoms with E-state index in [1.54, 1.807) is 16.8 Å². The number of nitrogens with one attached hydrogen (secondary N) is 1. The normalized spacial score (nSPS) is 17.6. The van der Waals surface area contributed by atoms with Gasteiger partial charge in [-0.1, -0.05) is 0 Å². The predicted octanol–water partition coefficient (Wildman–Crippen LogP) is 3.16. The summed E-state index contributed by atoms with van der Waals surface area (Å²) < 4.78 is 25.9. The summed E-state index contributed by atoms with van der Waals surface area (Å²) in [5.74, 6) is -2.18. The van der Waals surface area contributed by atoms with Gasteiger partial charge in [0.2, 0.25) is 5.91 Å². The molecule has 6 heteroatoms. The van der Waals surface area contributed by atoms with Gasteiger partial charge >= 0.3 is 0 Å². The molecule has 1 heterocycles. The number of rotatable bonds is 2. The molecule has 1 atom stereocenters. The zero-order valence-electron chi connectivity index (χ0n) is 10.5. The number of carbonyl (C=O) groups is 1. The number of hydrogen-bond donors (Lipinski definition) is 1. The minimum Gasteiger partial charge on any atom is -0.326 e. The molecular formula is C14H12F2N2OS. The standard InChI is InChI=1S/C14H12F2N2OS/c15-10-3-2-9(6-11(10)16)18-14(19)8-1-4-12-13(5-8)20-7-17-12/h2-3,6-8H,1,4-5H2,(H,18,19). The van der Waals surface area contributed by atoms with E-state index in [2.05, 4.69) is 10.3 Å². The van der Waals surface area contributed by atoms with Gasteiger partial charge in [-0.05, 0) is 31.4 Å². The molecule has 0 bridgehead atoms. The lowest BCUT2D eigenvalue weighted by Crippen LogP contribution is -2.27. The number of fused-ring (bicyclic) bond motifs is 1. The Morgan fingerprint density at radius 1 is 1.35 bits per heavy atom. The number of halogens is 2. The Bertz CT molecular complexity index is 656. The maximum absolute atomic E-state index is 13.1. The second-order valence-electron chi connectivity index (χ2n) is 4.78. The number of benzene rings is 1. The zero-order chi connectivity index (χ0) is 14.1. The lowest BCUT2D eigenvalue weighted by molar-refractivity contribution is -0.120. The summed E-state index contributed by atoms with van der Waals surface area (Å²) >= 11 is 1.56. The van der Waals surface area contributed by atoms with E-state index >= 15 is 0 Å². The first-order chi connectivity index (χ1) is 9.63. The van der Waals surface area contributed by atoms with Crippen LogP contribution in [0.2, 0.25) is 0 Å². The third-order valence-electron chi connectivity index (χ3n) is 3.44. The Balaban J connectivity index is 1.69. The Morgan fingerprint density at radius 3 is 3.00 bits per heavy atom. The van der Waals surface area contributed by atoms with Crippen LogP contribution in [0.25, 0.3) is 0 Å². The molecule has 1 aliphatic rings. The molecule has 3 nitrogen and oxygen atoms in total. The van der Waals surface area contributed by atoms with Crippen molar-refractivity contribution in [2.24, 2.45) is 5.92 Å². The number of amides is 1. The van der Waals surface area contributed by atoms with Crippen LogP contribution in [0.15, 0.2) is 23.7 Å². The maximum atomic E-state index is 13.1. The molecule has 1 unspecified atom stereocenters. The van der Waals surface area contributed by atoms with Gasteiger partial charge in [-0.25, -0.2) is 13.8 Å². The second-order valence-corrected chi connectivity index (χ2v) is 5.72. The van der Waals surface area contributed by atoms with Crippen LogP contribution < -0.4 is 5.32 Å². The number of carbonyl (C=O) groups excluding carboxylic acids is 1. The highest BCUT2D eigenvalue weighted by atomic mass is 32.1. The van der Waals surface area contributed by atoms with E-state index in [0.29, 0.717) is 6.42 Å². The molecule has 2 aromatic rings. The maximum Gasteiger partial charge on any atom is 0.227 e. The van der Waals surface area contributed by atoms with Crippen LogP contribution in [0.5, 0.6) is 0 Å². The molecule has 0 radical (unpaired) electrons. The van der Waals surface area contributed by atoms with Crippen LogP contribution in [0.4, 0.5) is 14.5 Å². The third-order valence-corrected chi connectivity index (χ3v) is 4.34. The van der Waals surface area contributed by atoms with Crippen LogP contribution in [-0.2, 0) is 17.6 Å². The molecule has 0 saturated heterocycles. The van der Waals surface area contributed by atoms with Crippen LogP contribution in [-0.4, -0.2) is 10.9 Å². The van der Waals surface area contributed by atoms with Crippen molar-refractivity contribution in [1.82, 2.24) is 4.98 Å². The van der Waals surface area contributed by atoms with Gasteiger partial charge in [-0.2, -0.15) is 0 Å². The van der Waals surface area contributed by atoms with Crippen molar-refractivity contribution in [2.45, 2.75) is 19.3 Å². The van der Waals surface area contributed by atoms with Crippen molar-refractivity contribution in [1.29, 1.82) is 0 Å². The molecule has 1 aliphatic carbocycles. The summed E-state index contributed by atoms with van der Waals surface area (Å²) in [5, 5.41) is 2.64. The van der Waals surface area contributed by atoms with Gasteiger partial charge in [-0.3, -0.25) is 4.79 Å². The lowest BCUT2D eigenvalue weighted by Gasteiger charge is -2.20. The predicted molar refractivity (Wildman–Crippen MR) is 72.6 cm³/mol. The van der Waals surface area contributed by atoms with Gasteiger partial charge in [0.15, 0.2) is 11.6 Å². The molecular weight excluding hydrogens is 282 g/mol. The van der Waals surface area contributed by atoms with Crippen molar-refractivity contribution in [3.8, 4) is 0 Å². The Kier molecular flexibility index (Phi) is 3.48. The SMILES string of the molecule is O=C(Nc1ccc(F)c(F)c1)C1CCc2ncsc2C1. The molecule has 1 amide bonds. The lowest BCUT2D eigenvalue weighted by atomic mass is 9.90. The number of hydrogen-bond acceptors (Lipinski definition) is 3. The van der Waals surface area contributed by atoms with Crippen molar-refractivity contribution in [3.05, 3.63) is 45.9 Å². The Hall–Kier alpha value is -1.82. The Labute approximate surface area is 118 Å². The summed E-state index contributed by atoms with van der Waals surface area (Å²) in [4.78, 5) is 17.5. The van der Waals surface area contributed by atoms with E-state index < -0.39 is 11.6 Å². The first-order valence-electron chi connectivity index (χ1n) is 6.30. The zero-order valence-corrected chi connectivity index (χ0v) is 11.3. The summed E-state index contributed by atoms with van der Waals surface area (Å²) in [5.41, 5.74) is 3.15. The van der Waals surface area contributed by atoms with Gasteiger partial charge in [-0.15, -0.1) is 11.3 Å². The highest BCUT2D eigenvalue weighted by Crippen LogP contribution is 2.28. The minimum atomic E-state index is -0.962. The van der Waals surface area contributed by atoms with E-state index in [4.69, 9.17) is 0 Å². The number of aromatic nitrogens is 1. The monoisotopic (exact) mass is 294 g/mol. The van der Waals surface area contributed by atoms with Crippen LogP contribution in [0.3, 0.4) is 0 Å². The van der Waals surface area contributed by atoms with E-state index in [9.17, 15) is 13.6 Å². The van der Waals surface area contributed by atoms with Crippen LogP contribution >= 0.6 is 11.3 Å². The number of thiazole rings is 1. The summed E-state index contributed by atoms with van der Waals surface area (Å²) in [6, 6.07) is 3.36.